The Labute approximate surface area is 207 Å². The van der Waals surface area contributed by atoms with Crippen LogP contribution in [0.15, 0.2) is 45.3 Å². The van der Waals surface area contributed by atoms with Crippen LogP contribution in [0, 0.1) is 13.8 Å². The second kappa shape index (κ2) is 9.58. The quantitative estimate of drug-likeness (QED) is 0.491. The van der Waals surface area contributed by atoms with E-state index in [1.807, 2.05) is 33.0 Å². The molecule has 0 unspecified atom stereocenters. The average Bonchev–Trinajstić information content (AvgIpc) is 3.27. The van der Waals surface area contributed by atoms with Gasteiger partial charge in [-0.15, -0.1) is 0 Å². The van der Waals surface area contributed by atoms with Gasteiger partial charge in [-0.2, -0.15) is 0 Å². The molecule has 0 saturated carbocycles. The van der Waals surface area contributed by atoms with Crippen molar-refractivity contribution in [3.05, 3.63) is 77.7 Å². The van der Waals surface area contributed by atoms with Gasteiger partial charge in [0.15, 0.2) is 4.80 Å². The largest absolute Gasteiger partial charge is 0.497 e. The molecule has 0 fully saturated rings. The van der Waals surface area contributed by atoms with Crippen LogP contribution in [-0.2, 0) is 16.6 Å². The van der Waals surface area contributed by atoms with E-state index in [1.54, 1.807) is 50.8 Å². The van der Waals surface area contributed by atoms with E-state index < -0.39 is 12.0 Å². The van der Waals surface area contributed by atoms with E-state index in [0.717, 1.165) is 17.0 Å². The van der Waals surface area contributed by atoms with Crippen molar-refractivity contribution in [2.24, 2.45) is 12.0 Å². The molecular formula is C26H29N3O5S. The highest BCUT2D eigenvalue weighted by Gasteiger charge is 2.35. The van der Waals surface area contributed by atoms with E-state index >= 15 is 0 Å². The number of thiazole rings is 1. The van der Waals surface area contributed by atoms with Crippen molar-refractivity contribution in [2.45, 2.75) is 33.7 Å². The Balaban J connectivity index is 2.03. The van der Waals surface area contributed by atoms with Gasteiger partial charge in [0.25, 0.3) is 5.56 Å². The Morgan fingerprint density at radius 3 is 2.51 bits per heavy atom. The molecule has 1 aliphatic heterocycles. The summed E-state index contributed by atoms with van der Waals surface area (Å²) in [6.45, 7) is 7.75. The molecule has 0 spiro atoms. The van der Waals surface area contributed by atoms with Crippen LogP contribution in [0.2, 0.25) is 0 Å². The number of carbonyl (C=O) groups is 1. The van der Waals surface area contributed by atoms with Crippen molar-refractivity contribution in [3.8, 4) is 11.5 Å². The minimum Gasteiger partial charge on any atom is -0.497 e. The summed E-state index contributed by atoms with van der Waals surface area (Å²) in [4.78, 5) is 32.1. The van der Waals surface area contributed by atoms with Crippen molar-refractivity contribution >= 4 is 23.4 Å². The molecule has 1 aliphatic rings. The monoisotopic (exact) mass is 495 g/mol. The molecule has 35 heavy (non-hydrogen) atoms. The molecule has 3 heterocycles. The first-order chi connectivity index (χ1) is 16.7. The zero-order valence-electron chi connectivity index (χ0n) is 21.0. The van der Waals surface area contributed by atoms with Crippen LogP contribution in [-0.4, -0.2) is 35.9 Å². The van der Waals surface area contributed by atoms with Gasteiger partial charge >= 0.3 is 5.97 Å². The maximum absolute atomic E-state index is 13.8. The Morgan fingerprint density at radius 1 is 1.17 bits per heavy atom. The predicted octanol–water partition coefficient (Wildman–Crippen LogP) is 2.77. The number of rotatable bonds is 6. The van der Waals surface area contributed by atoms with Crippen molar-refractivity contribution in [1.29, 1.82) is 0 Å². The third-order valence-corrected chi connectivity index (χ3v) is 7.33. The van der Waals surface area contributed by atoms with Crippen molar-refractivity contribution < 1.29 is 19.0 Å². The zero-order valence-corrected chi connectivity index (χ0v) is 21.8. The second-order valence-corrected chi connectivity index (χ2v) is 9.30. The van der Waals surface area contributed by atoms with Gasteiger partial charge in [-0.3, -0.25) is 9.36 Å². The summed E-state index contributed by atoms with van der Waals surface area (Å²) in [6, 6.07) is 6.58. The molecule has 184 valence electrons. The minimum absolute atomic E-state index is 0.203. The van der Waals surface area contributed by atoms with Crippen LogP contribution in [0.5, 0.6) is 11.5 Å². The number of ether oxygens (including phenoxy) is 3. The highest BCUT2D eigenvalue weighted by Crippen LogP contribution is 2.37. The number of carbonyl (C=O) groups excluding carboxylic acids is 1. The van der Waals surface area contributed by atoms with Crippen LogP contribution in [0.1, 0.15) is 42.4 Å². The van der Waals surface area contributed by atoms with Crippen molar-refractivity contribution in [2.75, 3.05) is 20.8 Å². The molecule has 9 heteroatoms. The van der Waals surface area contributed by atoms with E-state index in [0.29, 0.717) is 37.7 Å². The second-order valence-electron chi connectivity index (χ2n) is 8.30. The van der Waals surface area contributed by atoms with Crippen LogP contribution in [0.25, 0.3) is 6.08 Å². The van der Waals surface area contributed by atoms with Gasteiger partial charge in [-0.05, 0) is 63.6 Å². The number of nitrogens with zero attached hydrogens (tertiary/aromatic N) is 3. The third-order valence-electron chi connectivity index (χ3n) is 6.35. The molecule has 0 radical (unpaired) electrons. The van der Waals surface area contributed by atoms with Crippen molar-refractivity contribution in [3.63, 3.8) is 0 Å². The first-order valence-corrected chi connectivity index (χ1v) is 12.1. The lowest BCUT2D eigenvalue weighted by Gasteiger charge is -2.26. The smallest absolute Gasteiger partial charge is 0.338 e. The number of allylic oxidation sites excluding steroid dienone is 1. The zero-order chi connectivity index (χ0) is 25.4. The topological polar surface area (TPSA) is 84.1 Å². The fourth-order valence-corrected chi connectivity index (χ4v) is 5.35. The number of aromatic nitrogens is 2. The molecule has 1 aromatic carbocycles. The van der Waals surface area contributed by atoms with Gasteiger partial charge in [0, 0.05) is 24.0 Å². The molecular weight excluding hydrogens is 466 g/mol. The molecule has 8 nitrogen and oxygen atoms in total. The number of hydrogen-bond donors (Lipinski definition) is 0. The van der Waals surface area contributed by atoms with Gasteiger partial charge in [0.2, 0.25) is 0 Å². The number of benzene rings is 1. The third kappa shape index (κ3) is 4.20. The molecule has 0 N–H and O–H groups in total. The van der Waals surface area contributed by atoms with E-state index in [-0.39, 0.29) is 12.2 Å². The standard InChI is InChI=1S/C26H29N3O5S/c1-8-34-25(31)22-15(3)27-26-29(23(22)19-13-18(32-6)9-10-20(19)33-7)24(30)21(35-26)12-17-11-14(2)28(5)16(17)4/h9-13,23H,8H2,1-7H3/b21-12+/t23-/m1/s1. The summed E-state index contributed by atoms with van der Waals surface area (Å²) in [5.74, 6) is 0.583. The summed E-state index contributed by atoms with van der Waals surface area (Å²) >= 11 is 1.29. The molecule has 0 saturated heterocycles. The van der Waals surface area contributed by atoms with Gasteiger partial charge in [0.05, 0.1) is 36.6 Å². The number of fused-ring (bicyclic) bond motifs is 1. The first-order valence-electron chi connectivity index (χ1n) is 11.3. The van der Waals surface area contributed by atoms with Gasteiger partial charge < -0.3 is 18.8 Å². The van der Waals surface area contributed by atoms with Crippen molar-refractivity contribution in [1.82, 2.24) is 9.13 Å². The highest BCUT2D eigenvalue weighted by molar-refractivity contribution is 7.07. The van der Waals surface area contributed by atoms with E-state index in [1.165, 1.54) is 11.3 Å². The summed E-state index contributed by atoms with van der Waals surface area (Å²) < 4.78 is 20.6. The van der Waals surface area contributed by atoms with Crippen LogP contribution in [0.4, 0.5) is 0 Å². The summed E-state index contributed by atoms with van der Waals surface area (Å²) in [6.07, 6.45) is 1.88. The number of hydrogen-bond acceptors (Lipinski definition) is 7. The van der Waals surface area contributed by atoms with Gasteiger partial charge in [-0.25, -0.2) is 9.79 Å². The lowest BCUT2D eigenvalue weighted by molar-refractivity contribution is -0.139. The first kappa shape index (κ1) is 24.5. The molecule has 0 aliphatic carbocycles. The maximum Gasteiger partial charge on any atom is 0.338 e. The summed E-state index contributed by atoms with van der Waals surface area (Å²) in [5, 5.41) is 0. The molecule has 0 bridgehead atoms. The summed E-state index contributed by atoms with van der Waals surface area (Å²) in [7, 11) is 5.11. The Hall–Kier alpha value is -3.59. The SMILES string of the molecule is CCOC(=O)C1=C(C)N=c2s/c(=C/c3cc(C)n(C)c3C)c(=O)n2[C@@H]1c1cc(OC)ccc1OC. The average molecular weight is 496 g/mol. The maximum atomic E-state index is 13.8. The number of aryl methyl sites for hydroxylation is 1. The fourth-order valence-electron chi connectivity index (χ4n) is 4.31. The normalized spacial score (nSPS) is 15.6. The Kier molecular flexibility index (Phi) is 6.71. The molecule has 0 amide bonds. The van der Waals surface area contributed by atoms with Crippen LogP contribution in [0.3, 0.4) is 0 Å². The van der Waals surface area contributed by atoms with Gasteiger partial charge in [0.1, 0.15) is 17.5 Å². The van der Waals surface area contributed by atoms with E-state index in [2.05, 4.69) is 9.56 Å². The van der Waals surface area contributed by atoms with Crippen LogP contribution >= 0.6 is 11.3 Å². The Bertz CT molecular complexity index is 1520. The van der Waals surface area contributed by atoms with Crippen LogP contribution < -0.4 is 24.4 Å². The minimum atomic E-state index is -0.781. The molecule has 3 aromatic rings. The fraction of sp³-hybridized carbons (Fsp3) is 0.346. The number of esters is 1. The summed E-state index contributed by atoms with van der Waals surface area (Å²) in [5.41, 5.74) is 4.29. The lowest BCUT2D eigenvalue weighted by atomic mass is 9.94. The highest BCUT2D eigenvalue weighted by atomic mass is 32.1. The molecule has 2 aromatic heterocycles. The predicted molar refractivity (Wildman–Crippen MR) is 135 cm³/mol. The van der Waals surface area contributed by atoms with E-state index in [4.69, 9.17) is 14.2 Å². The Morgan fingerprint density at radius 2 is 1.91 bits per heavy atom. The van der Waals surface area contributed by atoms with Gasteiger partial charge in [-0.1, -0.05) is 11.3 Å². The molecule has 1 atom stereocenters. The number of methoxy groups -OCH3 is 2. The van der Waals surface area contributed by atoms with E-state index in [9.17, 15) is 9.59 Å². The lowest BCUT2D eigenvalue weighted by Crippen LogP contribution is -2.40. The molecule has 4 rings (SSSR count).